The van der Waals surface area contributed by atoms with Gasteiger partial charge in [0, 0.05) is 25.1 Å². The van der Waals surface area contributed by atoms with Crippen molar-refractivity contribution in [2.45, 2.75) is 58.6 Å². The predicted molar refractivity (Wildman–Crippen MR) is 149 cm³/mol. The molecule has 4 rings (SSSR count). The third-order valence-corrected chi connectivity index (χ3v) is 7.86. The van der Waals surface area contributed by atoms with Gasteiger partial charge in [0.1, 0.15) is 18.0 Å². The highest BCUT2D eigenvalue weighted by atomic mass is 31.2. The number of nitrogens with one attached hydrogen (secondary N) is 3. The number of esters is 1. The Morgan fingerprint density at radius 3 is 2.65 bits per heavy atom. The van der Waals surface area contributed by atoms with Crippen LogP contribution in [0.4, 0.5) is 11.8 Å². The van der Waals surface area contributed by atoms with E-state index in [1.807, 2.05) is 0 Å². The highest BCUT2D eigenvalue weighted by Crippen LogP contribution is 2.46. The van der Waals surface area contributed by atoms with Gasteiger partial charge < -0.3 is 30.5 Å². The van der Waals surface area contributed by atoms with Crippen LogP contribution < -0.4 is 20.7 Å². The first kappa shape index (κ1) is 29.4. The average Bonchev–Trinajstić information content (AvgIpc) is 3.51. The van der Waals surface area contributed by atoms with Gasteiger partial charge >= 0.3 is 13.7 Å². The molecular formula is C25H35N8O6P. The molecule has 15 heteroatoms. The quantitative estimate of drug-likeness (QED) is 0.140. The molecule has 0 saturated carbocycles. The molecule has 3 aromatic rings. The fourth-order valence-electron chi connectivity index (χ4n) is 4.34. The summed E-state index contributed by atoms with van der Waals surface area (Å²) in [6.45, 7) is 6.44. The highest BCUT2D eigenvalue weighted by molar-refractivity contribution is 7.52. The molecule has 2 aromatic heterocycles. The molecule has 1 aliphatic heterocycles. The summed E-state index contributed by atoms with van der Waals surface area (Å²) in [5.74, 6) is -0.121. The van der Waals surface area contributed by atoms with E-state index in [1.165, 1.54) is 6.92 Å². The van der Waals surface area contributed by atoms with Crippen molar-refractivity contribution in [3.63, 3.8) is 0 Å². The summed E-state index contributed by atoms with van der Waals surface area (Å²) in [6.07, 6.45) is 0.440. The lowest BCUT2D eigenvalue weighted by Gasteiger charge is -2.25. The number of imidazole rings is 1. The van der Waals surface area contributed by atoms with Crippen LogP contribution in [0.1, 0.15) is 40.3 Å². The zero-order valence-electron chi connectivity index (χ0n) is 23.0. The van der Waals surface area contributed by atoms with E-state index in [0.29, 0.717) is 29.1 Å². The molecule has 40 heavy (non-hydrogen) atoms. The number of ether oxygens (including phenoxy) is 2. The number of hydrogen-bond acceptors (Lipinski definition) is 12. The van der Waals surface area contributed by atoms with Crippen molar-refractivity contribution in [2.24, 2.45) is 5.92 Å². The maximum absolute atomic E-state index is 13.9. The van der Waals surface area contributed by atoms with E-state index in [9.17, 15) is 9.36 Å². The van der Waals surface area contributed by atoms with E-state index in [0.717, 1.165) is 0 Å². The van der Waals surface area contributed by atoms with E-state index in [4.69, 9.17) is 29.7 Å². The number of para-hydroxylation sites is 1. The molecule has 14 nitrogen and oxygen atoms in total. The molecule has 0 radical (unpaired) electrons. The smallest absolute Gasteiger partial charge is 0.459 e. The lowest BCUT2D eigenvalue weighted by molar-refractivity contribution is -0.149. The largest absolute Gasteiger partial charge is 0.462 e. The number of fused-ring (bicyclic) bond motifs is 1. The van der Waals surface area contributed by atoms with Crippen LogP contribution in [-0.2, 0) is 23.4 Å². The molecule has 5 atom stereocenters. The third-order valence-electron chi connectivity index (χ3n) is 6.21. The normalized spacial score (nSPS) is 21.2. The number of rotatable bonds is 12. The van der Waals surface area contributed by atoms with Gasteiger partial charge in [0.25, 0.3) is 0 Å². The summed E-state index contributed by atoms with van der Waals surface area (Å²) in [5, 5.41) is 14.0. The Kier molecular flexibility index (Phi) is 9.04. The minimum atomic E-state index is -4.11. The van der Waals surface area contributed by atoms with Gasteiger partial charge in [-0.05, 0) is 39.8 Å². The van der Waals surface area contributed by atoms with E-state index in [2.05, 4.69) is 25.4 Å². The second kappa shape index (κ2) is 12.3. The molecule has 1 aromatic carbocycles. The fourth-order valence-corrected chi connectivity index (χ4v) is 5.84. The topological polar surface area (TPSA) is 189 Å². The molecule has 0 bridgehead atoms. The molecule has 1 aliphatic rings. The summed E-state index contributed by atoms with van der Waals surface area (Å²) in [4.78, 5) is 25.3. The van der Waals surface area contributed by atoms with Crippen LogP contribution >= 0.6 is 7.75 Å². The monoisotopic (exact) mass is 574 g/mol. The molecule has 1 saturated heterocycles. The Hall–Kier alpha value is -3.58. The second-order valence-electron chi connectivity index (χ2n) is 9.69. The van der Waals surface area contributed by atoms with Gasteiger partial charge in [0.15, 0.2) is 17.0 Å². The highest BCUT2D eigenvalue weighted by Gasteiger charge is 2.41. The summed E-state index contributed by atoms with van der Waals surface area (Å²) in [6, 6.07) is 7.49. The van der Waals surface area contributed by atoms with Gasteiger partial charge in [0.2, 0.25) is 5.95 Å². The Morgan fingerprint density at radius 2 is 2.00 bits per heavy atom. The first-order valence-corrected chi connectivity index (χ1v) is 14.4. The van der Waals surface area contributed by atoms with Crippen LogP contribution in [0.3, 0.4) is 0 Å². The predicted octanol–water partition coefficient (Wildman–Crippen LogP) is 3.53. The van der Waals surface area contributed by atoms with E-state index in [1.54, 1.807) is 69.0 Å². The lowest BCUT2D eigenvalue weighted by Crippen LogP contribution is -2.37. The first-order chi connectivity index (χ1) is 19.0. The van der Waals surface area contributed by atoms with Crippen LogP contribution in [0.5, 0.6) is 5.75 Å². The van der Waals surface area contributed by atoms with Crippen molar-refractivity contribution in [1.82, 2.24) is 24.6 Å². The molecular weight excluding hydrogens is 539 g/mol. The molecule has 5 N–H and O–H groups in total. The Labute approximate surface area is 232 Å². The number of nitrogen functional groups attached to an aromatic ring is 1. The van der Waals surface area contributed by atoms with Gasteiger partial charge in [-0.2, -0.15) is 15.1 Å². The minimum Gasteiger partial charge on any atom is -0.462 e. The van der Waals surface area contributed by atoms with E-state index >= 15 is 0 Å². The Morgan fingerprint density at radius 1 is 1.27 bits per heavy atom. The van der Waals surface area contributed by atoms with Crippen molar-refractivity contribution >= 4 is 42.4 Å². The number of benzene rings is 1. The molecule has 0 aliphatic carbocycles. The van der Waals surface area contributed by atoms with Crippen LogP contribution in [0.25, 0.3) is 11.2 Å². The zero-order chi connectivity index (χ0) is 29.0. The van der Waals surface area contributed by atoms with Gasteiger partial charge in [-0.1, -0.05) is 18.2 Å². The Balaban J connectivity index is 1.55. The number of anilines is 2. The standard InChI is InChI=1S/C25H35N8O6P/c1-14(2)37-24(34)16(4)32-40(35,39-17-9-7-6-8-10-17)36-12-19-18(15(3)26)11-20(38-19)33-13-29-21-22(28-5)30-25(27)31-23(21)33/h6-10,13-14,16,18-20,26H,11-12H2,1-5H3,(H,32,35)(H3,27,28,30,31)/t16-,18-,19+,20+,40+/m0/s1. The first-order valence-electron chi connectivity index (χ1n) is 12.9. The second-order valence-corrected chi connectivity index (χ2v) is 11.4. The molecule has 3 heterocycles. The summed E-state index contributed by atoms with van der Waals surface area (Å²) >= 11 is 0. The summed E-state index contributed by atoms with van der Waals surface area (Å²) < 4.78 is 38.7. The lowest BCUT2D eigenvalue weighted by atomic mass is 9.96. The molecule has 0 spiro atoms. The number of nitrogens with two attached hydrogens (primary N) is 1. The third kappa shape index (κ3) is 6.76. The van der Waals surface area contributed by atoms with Gasteiger partial charge in [-0.3, -0.25) is 13.9 Å². The number of aromatic nitrogens is 4. The van der Waals surface area contributed by atoms with Crippen LogP contribution in [-0.4, -0.2) is 63.1 Å². The van der Waals surface area contributed by atoms with Gasteiger partial charge in [-0.15, -0.1) is 0 Å². The van der Waals surface area contributed by atoms with Crippen molar-refractivity contribution in [3.05, 3.63) is 36.7 Å². The van der Waals surface area contributed by atoms with Gasteiger partial charge in [0.05, 0.1) is 25.1 Å². The van der Waals surface area contributed by atoms with Crippen LogP contribution in [0.2, 0.25) is 0 Å². The van der Waals surface area contributed by atoms with Crippen molar-refractivity contribution in [2.75, 3.05) is 24.7 Å². The van der Waals surface area contributed by atoms with Gasteiger partial charge in [-0.25, -0.2) is 9.55 Å². The minimum absolute atomic E-state index is 0.0754. The number of carbonyl (C=O) groups is 1. The van der Waals surface area contributed by atoms with Crippen molar-refractivity contribution in [3.8, 4) is 5.75 Å². The zero-order valence-corrected chi connectivity index (χ0v) is 23.9. The molecule has 216 valence electrons. The number of carbonyl (C=O) groups excluding carboxylic acids is 1. The fraction of sp³-hybridized carbons (Fsp3) is 0.480. The molecule has 0 unspecified atom stereocenters. The van der Waals surface area contributed by atoms with E-state index < -0.39 is 32.1 Å². The summed E-state index contributed by atoms with van der Waals surface area (Å²) in [7, 11) is -2.40. The van der Waals surface area contributed by atoms with E-state index in [-0.39, 0.29) is 30.3 Å². The average molecular weight is 575 g/mol. The maximum Gasteiger partial charge on any atom is 0.459 e. The van der Waals surface area contributed by atoms with Crippen LogP contribution in [0, 0.1) is 11.3 Å². The van der Waals surface area contributed by atoms with Crippen molar-refractivity contribution < 1.29 is 27.9 Å². The van der Waals surface area contributed by atoms with Crippen molar-refractivity contribution in [1.29, 1.82) is 5.41 Å². The SMILES string of the molecule is CNc1nc(N)nc2c1ncn2[C@H]1C[C@@H](C(C)=N)[C@@H](CO[P@](=O)(N[C@@H](C)C(=O)OC(C)C)Oc2ccccc2)O1. The number of nitrogens with zero attached hydrogens (tertiary/aromatic N) is 4. The summed E-state index contributed by atoms with van der Waals surface area (Å²) in [5.41, 5.74) is 7.26. The molecule has 1 fully saturated rings. The molecule has 0 amide bonds. The Bertz CT molecular complexity index is 1400. The number of hydrogen-bond donors (Lipinski definition) is 4. The maximum atomic E-state index is 13.9. The van der Waals surface area contributed by atoms with Crippen LogP contribution in [0.15, 0.2) is 36.7 Å².